The molecule has 3 aromatic rings. The molecule has 2 aromatic heterocycles. The SMILES string of the molecule is CCn1cc(CN2CCC[C@@H]2c2nc(C)c3c(n2)N(Cc2ccccc2)C(=O)CC3)cn1. The minimum Gasteiger partial charge on any atom is -0.292 e. The number of fused-ring (bicyclic) bond motifs is 1. The first-order valence-electron chi connectivity index (χ1n) is 11.6. The monoisotopic (exact) mass is 430 g/mol. The van der Waals surface area contributed by atoms with Crippen molar-refractivity contribution in [3.8, 4) is 0 Å². The summed E-state index contributed by atoms with van der Waals surface area (Å²) in [5.41, 5.74) is 4.44. The van der Waals surface area contributed by atoms with Crippen LogP contribution in [0.3, 0.4) is 0 Å². The van der Waals surface area contributed by atoms with Crippen LogP contribution in [-0.4, -0.2) is 37.1 Å². The summed E-state index contributed by atoms with van der Waals surface area (Å²) in [6.07, 6.45) is 7.47. The zero-order valence-electron chi connectivity index (χ0n) is 18.9. The molecule has 2 aliphatic heterocycles. The summed E-state index contributed by atoms with van der Waals surface area (Å²) in [5.74, 6) is 1.79. The van der Waals surface area contributed by atoms with E-state index in [0.29, 0.717) is 13.0 Å². The number of rotatable bonds is 6. The van der Waals surface area contributed by atoms with Crippen molar-refractivity contribution < 1.29 is 4.79 Å². The highest BCUT2D eigenvalue weighted by Gasteiger charge is 2.33. The average molecular weight is 431 g/mol. The maximum Gasteiger partial charge on any atom is 0.228 e. The van der Waals surface area contributed by atoms with Gasteiger partial charge >= 0.3 is 0 Å². The number of likely N-dealkylation sites (tertiary alicyclic amines) is 1. The summed E-state index contributed by atoms with van der Waals surface area (Å²) >= 11 is 0. The van der Waals surface area contributed by atoms with E-state index in [-0.39, 0.29) is 11.9 Å². The van der Waals surface area contributed by atoms with Gasteiger partial charge in [-0.3, -0.25) is 19.3 Å². The van der Waals surface area contributed by atoms with E-state index < -0.39 is 0 Å². The molecule has 2 aliphatic rings. The van der Waals surface area contributed by atoms with Gasteiger partial charge < -0.3 is 0 Å². The fraction of sp³-hybridized carbons (Fsp3) is 0.440. The van der Waals surface area contributed by atoms with Crippen molar-refractivity contribution in [1.29, 1.82) is 0 Å². The number of amides is 1. The van der Waals surface area contributed by atoms with Gasteiger partial charge in [-0.05, 0) is 45.2 Å². The number of aromatic nitrogens is 4. The summed E-state index contributed by atoms with van der Waals surface area (Å²) < 4.78 is 1.97. The first-order chi connectivity index (χ1) is 15.6. The van der Waals surface area contributed by atoms with Crippen LogP contribution in [-0.2, 0) is 30.8 Å². The van der Waals surface area contributed by atoms with Gasteiger partial charge in [-0.1, -0.05) is 30.3 Å². The number of hydrogen-bond donors (Lipinski definition) is 0. The lowest BCUT2D eigenvalue weighted by Gasteiger charge is -2.31. The van der Waals surface area contributed by atoms with Crippen molar-refractivity contribution in [2.24, 2.45) is 0 Å². The fourth-order valence-corrected chi connectivity index (χ4v) is 4.88. The molecular weight excluding hydrogens is 400 g/mol. The van der Waals surface area contributed by atoms with Gasteiger partial charge in [0.2, 0.25) is 5.91 Å². The average Bonchev–Trinajstić information content (AvgIpc) is 3.46. The van der Waals surface area contributed by atoms with E-state index in [2.05, 4.69) is 42.2 Å². The van der Waals surface area contributed by atoms with Crippen LogP contribution in [0.2, 0.25) is 0 Å². The highest BCUT2D eigenvalue weighted by molar-refractivity contribution is 5.95. The minimum atomic E-state index is 0.140. The van der Waals surface area contributed by atoms with E-state index in [4.69, 9.17) is 9.97 Å². The van der Waals surface area contributed by atoms with Gasteiger partial charge in [-0.15, -0.1) is 0 Å². The molecule has 32 heavy (non-hydrogen) atoms. The van der Waals surface area contributed by atoms with Crippen molar-refractivity contribution in [2.45, 2.75) is 65.2 Å². The molecule has 4 heterocycles. The maximum atomic E-state index is 12.9. The Morgan fingerprint density at radius 3 is 2.69 bits per heavy atom. The van der Waals surface area contributed by atoms with E-state index in [0.717, 1.165) is 67.4 Å². The summed E-state index contributed by atoms with van der Waals surface area (Å²) in [6.45, 7) is 7.45. The van der Waals surface area contributed by atoms with Gasteiger partial charge in [0, 0.05) is 42.5 Å². The second-order valence-corrected chi connectivity index (χ2v) is 8.77. The second kappa shape index (κ2) is 8.82. The van der Waals surface area contributed by atoms with Crippen molar-refractivity contribution >= 4 is 11.7 Å². The Labute approximate surface area is 189 Å². The van der Waals surface area contributed by atoms with Gasteiger partial charge in [-0.25, -0.2) is 9.97 Å². The number of carbonyl (C=O) groups is 1. The Morgan fingerprint density at radius 1 is 1.06 bits per heavy atom. The highest BCUT2D eigenvalue weighted by Crippen LogP contribution is 2.35. The number of benzene rings is 1. The predicted molar refractivity (Wildman–Crippen MR) is 123 cm³/mol. The maximum absolute atomic E-state index is 12.9. The molecule has 0 aliphatic carbocycles. The molecule has 0 spiro atoms. The molecule has 1 saturated heterocycles. The summed E-state index contributed by atoms with van der Waals surface area (Å²) in [4.78, 5) is 27.2. The van der Waals surface area contributed by atoms with Crippen molar-refractivity contribution in [3.05, 3.63) is 70.9 Å². The first-order valence-corrected chi connectivity index (χ1v) is 11.6. The summed E-state index contributed by atoms with van der Waals surface area (Å²) in [5, 5.41) is 4.42. The Bertz CT molecular complexity index is 1110. The van der Waals surface area contributed by atoms with Crippen LogP contribution in [0.1, 0.15) is 60.4 Å². The molecule has 1 amide bonds. The molecule has 7 nitrogen and oxygen atoms in total. The molecular formula is C25H30N6O. The molecule has 7 heteroatoms. The Morgan fingerprint density at radius 2 is 1.91 bits per heavy atom. The third-order valence-electron chi connectivity index (χ3n) is 6.60. The lowest BCUT2D eigenvalue weighted by atomic mass is 10.0. The van der Waals surface area contributed by atoms with Crippen LogP contribution in [0.15, 0.2) is 42.7 Å². The van der Waals surface area contributed by atoms with Crippen LogP contribution in [0.5, 0.6) is 0 Å². The number of nitrogens with zero attached hydrogens (tertiary/aromatic N) is 6. The fourth-order valence-electron chi connectivity index (χ4n) is 4.88. The smallest absolute Gasteiger partial charge is 0.228 e. The molecule has 166 valence electrons. The van der Waals surface area contributed by atoms with Crippen molar-refractivity contribution in [3.63, 3.8) is 0 Å². The van der Waals surface area contributed by atoms with Gasteiger partial charge in [0.15, 0.2) is 0 Å². The van der Waals surface area contributed by atoms with E-state index in [1.54, 1.807) is 0 Å². The quantitative estimate of drug-likeness (QED) is 0.595. The Balaban J connectivity index is 1.45. The minimum absolute atomic E-state index is 0.140. The summed E-state index contributed by atoms with van der Waals surface area (Å²) in [7, 11) is 0. The zero-order valence-corrected chi connectivity index (χ0v) is 18.9. The standard InChI is InChI=1S/C25H30N6O/c1-3-30-16-20(14-26-30)15-29-13-7-10-22(29)24-27-18(2)21-11-12-23(32)31(25(21)28-24)17-19-8-5-4-6-9-19/h4-6,8-9,14,16,22H,3,7,10-13,15,17H2,1-2H3/t22-/m1/s1. The van der Waals surface area contributed by atoms with Crippen molar-refractivity contribution in [2.75, 3.05) is 11.4 Å². The highest BCUT2D eigenvalue weighted by atomic mass is 16.2. The van der Waals surface area contributed by atoms with Gasteiger partial charge in [0.25, 0.3) is 0 Å². The number of anilines is 1. The van der Waals surface area contributed by atoms with Crippen molar-refractivity contribution in [1.82, 2.24) is 24.6 Å². The molecule has 0 bridgehead atoms. The largest absolute Gasteiger partial charge is 0.292 e. The third kappa shape index (κ3) is 4.05. The molecule has 1 aromatic carbocycles. The van der Waals surface area contributed by atoms with Gasteiger partial charge in [0.1, 0.15) is 11.6 Å². The lowest BCUT2D eigenvalue weighted by Crippen LogP contribution is -2.37. The molecule has 1 fully saturated rings. The number of aryl methyl sites for hydroxylation is 2. The van der Waals surface area contributed by atoms with Crippen LogP contribution < -0.4 is 4.90 Å². The van der Waals surface area contributed by atoms with Crippen LogP contribution in [0.4, 0.5) is 5.82 Å². The predicted octanol–water partition coefficient (Wildman–Crippen LogP) is 3.82. The summed E-state index contributed by atoms with van der Waals surface area (Å²) in [6, 6.07) is 10.3. The van der Waals surface area contributed by atoms with E-state index >= 15 is 0 Å². The first kappa shape index (κ1) is 20.8. The van der Waals surface area contributed by atoms with Crippen LogP contribution in [0, 0.1) is 6.92 Å². The van der Waals surface area contributed by atoms with Crippen LogP contribution >= 0.6 is 0 Å². The van der Waals surface area contributed by atoms with Gasteiger partial charge in [0.05, 0.1) is 18.8 Å². The topological polar surface area (TPSA) is 67.2 Å². The van der Waals surface area contributed by atoms with Gasteiger partial charge in [-0.2, -0.15) is 5.10 Å². The van der Waals surface area contributed by atoms with E-state index in [1.807, 2.05) is 34.0 Å². The van der Waals surface area contributed by atoms with Crippen LogP contribution in [0.25, 0.3) is 0 Å². The molecule has 5 rings (SSSR count). The molecule has 0 radical (unpaired) electrons. The zero-order chi connectivity index (χ0) is 22.1. The molecule has 0 unspecified atom stereocenters. The number of carbonyl (C=O) groups excluding carboxylic acids is 1. The Hall–Kier alpha value is -3.06. The van der Waals surface area contributed by atoms with E-state index in [1.165, 1.54) is 5.56 Å². The van der Waals surface area contributed by atoms with E-state index in [9.17, 15) is 4.79 Å². The Kier molecular flexibility index (Phi) is 5.74. The molecule has 1 atom stereocenters. The number of hydrogen-bond acceptors (Lipinski definition) is 5. The third-order valence-corrected chi connectivity index (χ3v) is 6.60. The lowest BCUT2D eigenvalue weighted by molar-refractivity contribution is -0.119. The second-order valence-electron chi connectivity index (χ2n) is 8.77. The molecule has 0 N–H and O–H groups in total. The molecule has 0 saturated carbocycles. The normalized spacial score (nSPS) is 18.9.